The lowest BCUT2D eigenvalue weighted by molar-refractivity contribution is -0.385. The highest BCUT2D eigenvalue weighted by Crippen LogP contribution is 2.50. The summed E-state index contributed by atoms with van der Waals surface area (Å²) in [5.41, 5.74) is 3.49. The van der Waals surface area contributed by atoms with Gasteiger partial charge in [-0.15, -0.1) is 0 Å². The molecule has 34 heavy (non-hydrogen) atoms. The predicted octanol–water partition coefficient (Wildman–Crippen LogP) is 5.41. The van der Waals surface area contributed by atoms with E-state index in [-0.39, 0.29) is 11.7 Å². The van der Waals surface area contributed by atoms with Gasteiger partial charge in [0.1, 0.15) is 12.4 Å². The maximum atomic E-state index is 11.4. The van der Waals surface area contributed by atoms with Crippen LogP contribution in [0.2, 0.25) is 0 Å². The molecule has 5 rings (SSSR count). The van der Waals surface area contributed by atoms with Crippen LogP contribution in [0.15, 0.2) is 84.5 Å². The number of benzene rings is 3. The van der Waals surface area contributed by atoms with E-state index in [2.05, 4.69) is 6.58 Å². The number of hydrogen-bond acceptors (Lipinski definition) is 7. The average molecular weight is 457 g/mol. The number of fused-ring (bicyclic) bond motifs is 3. The van der Waals surface area contributed by atoms with Crippen molar-refractivity contribution in [2.45, 2.75) is 18.7 Å². The lowest BCUT2D eigenvalue weighted by Crippen LogP contribution is -2.33. The van der Waals surface area contributed by atoms with Crippen LogP contribution < -0.4 is 14.2 Å². The third kappa shape index (κ3) is 3.83. The normalized spacial score (nSPS) is 18.3. The second-order valence-corrected chi connectivity index (χ2v) is 7.97. The molecule has 0 unspecified atom stereocenters. The molecule has 3 aromatic carbocycles. The minimum Gasteiger partial charge on any atom is -0.493 e. The second-order valence-electron chi connectivity index (χ2n) is 7.97. The van der Waals surface area contributed by atoms with Crippen molar-refractivity contribution in [2.75, 3.05) is 13.7 Å². The third-order valence-corrected chi connectivity index (χ3v) is 5.92. The van der Waals surface area contributed by atoms with Crippen LogP contribution in [0.25, 0.3) is 0 Å². The second kappa shape index (κ2) is 8.90. The molecule has 0 aliphatic carbocycles. The Morgan fingerprint density at radius 2 is 2.00 bits per heavy atom. The van der Waals surface area contributed by atoms with Crippen molar-refractivity contribution in [1.82, 2.24) is 5.01 Å². The van der Waals surface area contributed by atoms with E-state index in [1.54, 1.807) is 19.3 Å². The largest absolute Gasteiger partial charge is 0.493 e. The van der Waals surface area contributed by atoms with E-state index in [1.165, 1.54) is 12.1 Å². The summed E-state index contributed by atoms with van der Waals surface area (Å²) < 4.78 is 17.5. The Morgan fingerprint density at radius 1 is 1.21 bits per heavy atom. The van der Waals surface area contributed by atoms with Crippen LogP contribution in [0.1, 0.15) is 35.4 Å². The molecule has 2 aliphatic heterocycles. The molecule has 0 saturated heterocycles. The lowest BCUT2D eigenvalue weighted by Gasteiger charge is -2.38. The fraction of sp³-hybridized carbons (Fsp3) is 0.192. The number of hydrazone groups is 1. The smallest absolute Gasteiger partial charge is 0.269 e. The van der Waals surface area contributed by atoms with Crippen LogP contribution in [0, 0.1) is 10.1 Å². The van der Waals surface area contributed by atoms with Crippen LogP contribution in [0.3, 0.4) is 0 Å². The molecule has 0 radical (unpaired) electrons. The van der Waals surface area contributed by atoms with Crippen LogP contribution >= 0.6 is 0 Å². The number of methoxy groups -OCH3 is 1. The highest BCUT2D eigenvalue weighted by molar-refractivity contribution is 6.02. The van der Waals surface area contributed by atoms with Crippen LogP contribution in [0.5, 0.6) is 17.2 Å². The van der Waals surface area contributed by atoms with E-state index in [0.717, 1.165) is 22.6 Å². The van der Waals surface area contributed by atoms with Crippen molar-refractivity contribution in [3.8, 4) is 17.2 Å². The van der Waals surface area contributed by atoms with E-state index in [0.29, 0.717) is 30.1 Å². The Kier molecular flexibility index (Phi) is 5.63. The summed E-state index contributed by atoms with van der Waals surface area (Å²) in [5, 5.41) is 18.2. The van der Waals surface area contributed by atoms with Crippen LogP contribution in [-0.4, -0.2) is 29.4 Å². The molecule has 0 bridgehead atoms. The van der Waals surface area contributed by atoms with Crippen LogP contribution in [0.4, 0.5) is 5.69 Å². The van der Waals surface area contributed by atoms with Crippen LogP contribution in [-0.2, 0) is 0 Å². The summed E-state index contributed by atoms with van der Waals surface area (Å²) >= 11 is 0. The molecule has 8 heteroatoms. The Morgan fingerprint density at radius 3 is 2.74 bits per heavy atom. The summed E-state index contributed by atoms with van der Waals surface area (Å²) in [6, 6.07) is 19.9. The summed E-state index contributed by atoms with van der Waals surface area (Å²) in [4.78, 5) is 11.0. The van der Waals surface area contributed by atoms with Gasteiger partial charge in [-0.3, -0.25) is 10.1 Å². The molecule has 0 saturated carbocycles. The molecule has 0 spiro atoms. The van der Waals surface area contributed by atoms with Crippen molar-refractivity contribution >= 4 is 11.4 Å². The van der Waals surface area contributed by atoms with Gasteiger partial charge in [0.2, 0.25) is 6.23 Å². The van der Waals surface area contributed by atoms with E-state index in [9.17, 15) is 10.1 Å². The van der Waals surface area contributed by atoms with Crippen molar-refractivity contribution < 1.29 is 19.1 Å². The number of ether oxygens (including phenoxy) is 3. The Balaban J connectivity index is 1.55. The monoisotopic (exact) mass is 457 g/mol. The van der Waals surface area contributed by atoms with E-state index < -0.39 is 11.2 Å². The van der Waals surface area contributed by atoms with Gasteiger partial charge >= 0.3 is 0 Å². The van der Waals surface area contributed by atoms with Gasteiger partial charge in [0, 0.05) is 29.7 Å². The number of non-ortho nitro benzene ring substituents is 1. The zero-order valence-electron chi connectivity index (χ0n) is 18.6. The number of nitrogens with zero attached hydrogens (tertiary/aromatic N) is 3. The quantitative estimate of drug-likeness (QED) is 0.268. The van der Waals surface area contributed by atoms with E-state index >= 15 is 0 Å². The number of para-hydroxylation sites is 1. The highest BCUT2D eigenvalue weighted by Gasteiger charge is 2.42. The Hall–Kier alpha value is -4.33. The fourth-order valence-electron chi connectivity index (χ4n) is 4.33. The van der Waals surface area contributed by atoms with E-state index in [4.69, 9.17) is 19.3 Å². The van der Waals surface area contributed by atoms with Crippen molar-refractivity contribution in [1.29, 1.82) is 0 Å². The highest BCUT2D eigenvalue weighted by atomic mass is 16.6. The topological polar surface area (TPSA) is 86.4 Å². The Bertz CT molecular complexity index is 1270. The van der Waals surface area contributed by atoms with Crippen molar-refractivity contribution in [3.05, 3.63) is 106 Å². The molecule has 0 amide bonds. The maximum absolute atomic E-state index is 11.4. The number of hydrogen-bond donors (Lipinski definition) is 0. The molecule has 3 aromatic rings. The molecule has 2 heterocycles. The first-order valence-corrected chi connectivity index (χ1v) is 10.9. The number of rotatable bonds is 7. The molecule has 0 N–H and O–H groups in total. The molecule has 2 atom stereocenters. The maximum Gasteiger partial charge on any atom is 0.269 e. The summed E-state index contributed by atoms with van der Waals surface area (Å²) in [5.74, 6) is 2.00. The number of nitro benzene ring substituents is 1. The SMILES string of the molecule is C=CCOc1ccc(C2=NN3[C@@H](c4cccc([N+](=O)[O-])c4)Oc4c(OC)cccc4[C@@H]3C2)cc1. The van der Waals surface area contributed by atoms with Gasteiger partial charge in [-0.1, -0.05) is 36.9 Å². The van der Waals surface area contributed by atoms with Gasteiger partial charge in [-0.05, 0) is 35.9 Å². The summed E-state index contributed by atoms with van der Waals surface area (Å²) in [6.07, 6.45) is 1.72. The van der Waals surface area contributed by atoms with Gasteiger partial charge in [0.05, 0.1) is 23.8 Å². The van der Waals surface area contributed by atoms with Gasteiger partial charge in [0.25, 0.3) is 5.69 Å². The number of nitro groups is 1. The zero-order valence-corrected chi connectivity index (χ0v) is 18.6. The minimum atomic E-state index is -0.638. The van der Waals surface area contributed by atoms with Gasteiger partial charge in [-0.25, -0.2) is 5.01 Å². The molecule has 172 valence electrons. The molecule has 8 nitrogen and oxygen atoms in total. The van der Waals surface area contributed by atoms with Gasteiger partial charge in [0.15, 0.2) is 11.5 Å². The molecular weight excluding hydrogens is 434 g/mol. The summed E-state index contributed by atoms with van der Waals surface area (Å²) in [6.45, 7) is 4.11. The Labute approximate surface area is 196 Å². The zero-order chi connectivity index (χ0) is 23.7. The molecule has 2 aliphatic rings. The van der Waals surface area contributed by atoms with Crippen molar-refractivity contribution in [2.24, 2.45) is 5.10 Å². The molecule has 0 aromatic heterocycles. The van der Waals surface area contributed by atoms with E-state index in [1.807, 2.05) is 53.5 Å². The minimum absolute atomic E-state index is 0.00184. The van der Waals surface area contributed by atoms with Gasteiger partial charge in [-0.2, -0.15) is 5.10 Å². The first-order valence-electron chi connectivity index (χ1n) is 10.9. The predicted molar refractivity (Wildman–Crippen MR) is 127 cm³/mol. The molecular formula is C26H23N3O5. The average Bonchev–Trinajstić information content (AvgIpc) is 3.32. The lowest BCUT2D eigenvalue weighted by atomic mass is 9.95. The fourth-order valence-corrected chi connectivity index (χ4v) is 4.33. The standard InChI is InChI=1S/C26H23N3O5/c1-3-14-33-20-12-10-17(11-13-20)22-16-23-21-8-5-9-24(32-2)25(21)34-26(28(23)27-22)18-6-4-7-19(15-18)29(30)31/h3-13,15,23,26H,1,14,16H2,2H3/t23-,26+/m0/s1. The van der Waals surface area contributed by atoms with Crippen molar-refractivity contribution in [3.63, 3.8) is 0 Å². The summed E-state index contributed by atoms with van der Waals surface area (Å²) in [7, 11) is 1.60. The molecule has 0 fully saturated rings. The first kappa shape index (κ1) is 21.5. The first-order chi connectivity index (χ1) is 16.6. The van der Waals surface area contributed by atoms with Gasteiger partial charge < -0.3 is 14.2 Å². The third-order valence-electron chi connectivity index (χ3n) is 5.92.